The molecule has 0 spiro atoms. The Hall–Kier alpha value is -0.180. The van der Waals surface area contributed by atoms with Crippen molar-refractivity contribution < 1.29 is 8.78 Å². The lowest BCUT2D eigenvalue weighted by atomic mass is 9.97. The van der Waals surface area contributed by atoms with Gasteiger partial charge in [-0.1, -0.05) is 20.3 Å². The minimum atomic E-state index is -2.43. The standard InChI is InChI=1S/C11H21F2N/c1-4-9(2)8-14-6-5-11(12,13)7-10(14)3/h9-10H,4-8H2,1-3H3. The molecular formula is C11H21F2N. The van der Waals surface area contributed by atoms with Crippen molar-refractivity contribution >= 4 is 0 Å². The Morgan fingerprint density at radius 3 is 2.64 bits per heavy atom. The first-order valence-corrected chi connectivity index (χ1v) is 5.56. The lowest BCUT2D eigenvalue weighted by Crippen LogP contribution is -2.46. The van der Waals surface area contributed by atoms with Gasteiger partial charge in [0.15, 0.2) is 0 Å². The second-order valence-corrected chi connectivity index (χ2v) is 4.67. The molecule has 1 rings (SSSR count). The minimum Gasteiger partial charge on any atom is -0.300 e. The molecule has 2 atom stereocenters. The van der Waals surface area contributed by atoms with Crippen molar-refractivity contribution in [2.45, 2.75) is 52.0 Å². The van der Waals surface area contributed by atoms with Crippen molar-refractivity contribution in [3.05, 3.63) is 0 Å². The van der Waals surface area contributed by atoms with Gasteiger partial charge in [-0.2, -0.15) is 0 Å². The predicted molar refractivity (Wildman–Crippen MR) is 54.7 cm³/mol. The first kappa shape index (κ1) is 11.9. The summed E-state index contributed by atoms with van der Waals surface area (Å²) in [5, 5.41) is 0. The molecule has 0 bridgehead atoms. The van der Waals surface area contributed by atoms with Crippen LogP contribution in [-0.2, 0) is 0 Å². The SMILES string of the molecule is CCC(C)CN1CCC(F)(F)CC1C. The van der Waals surface area contributed by atoms with E-state index in [0.717, 1.165) is 13.0 Å². The fourth-order valence-electron chi connectivity index (χ4n) is 1.99. The molecule has 1 aliphatic heterocycles. The lowest BCUT2D eigenvalue weighted by molar-refractivity contribution is -0.0768. The number of hydrogen-bond acceptors (Lipinski definition) is 1. The highest BCUT2D eigenvalue weighted by molar-refractivity contribution is 4.84. The van der Waals surface area contributed by atoms with Crippen LogP contribution in [0.2, 0.25) is 0 Å². The molecule has 2 unspecified atom stereocenters. The second kappa shape index (κ2) is 4.56. The topological polar surface area (TPSA) is 3.24 Å². The van der Waals surface area contributed by atoms with E-state index in [2.05, 4.69) is 18.7 Å². The minimum absolute atomic E-state index is 0.0312. The van der Waals surface area contributed by atoms with E-state index in [4.69, 9.17) is 0 Å². The van der Waals surface area contributed by atoms with Gasteiger partial charge in [-0.15, -0.1) is 0 Å². The van der Waals surface area contributed by atoms with Gasteiger partial charge in [0.05, 0.1) is 0 Å². The fraction of sp³-hybridized carbons (Fsp3) is 1.00. The third kappa shape index (κ3) is 3.19. The van der Waals surface area contributed by atoms with Gasteiger partial charge in [-0.25, -0.2) is 8.78 Å². The molecule has 0 aliphatic carbocycles. The van der Waals surface area contributed by atoms with Crippen molar-refractivity contribution in [1.82, 2.24) is 4.90 Å². The number of alkyl halides is 2. The largest absolute Gasteiger partial charge is 0.300 e. The van der Waals surface area contributed by atoms with E-state index in [0.29, 0.717) is 12.5 Å². The fourth-order valence-corrected chi connectivity index (χ4v) is 1.99. The summed E-state index contributed by atoms with van der Waals surface area (Å²) in [6, 6.07) is 0.0350. The van der Waals surface area contributed by atoms with Crippen LogP contribution in [0.1, 0.15) is 40.0 Å². The molecule has 1 fully saturated rings. The first-order chi connectivity index (χ1) is 6.44. The molecule has 0 aromatic heterocycles. The van der Waals surface area contributed by atoms with Gasteiger partial charge in [-0.05, 0) is 12.8 Å². The van der Waals surface area contributed by atoms with Crippen LogP contribution in [0.25, 0.3) is 0 Å². The van der Waals surface area contributed by atoms with Crippen molar-refractivity contribution in [1.29, 1.82) is 0 Å². The van der Waals surface area contributed by atoms with Crippen LogP contribution < -0.4 is 0 Å². The Labute approximate surface area is 85.5 Å². The highest BCUT2D eigenvalue weighted by Gasteiger charge is 2.38. The van der Waals surface area contributed by atoms with Crippen LogP contribution in [0.3, 0.4) is 0 Å². The van der Waals surface area contributed by atoms with E-state index in [1.54, 1.807) is 0 Å². The van der Waals surface area contributed by atoms with Crippen LogP contribution in [0, 0.1) is 5.92 Å². The van der Waals surface area contributed by atoms with Gasteiger partial charge in [0, 0.05) is 32.0 Å². The Balaban J connectivity index is 2.42. The van der Waals surface area contributed by atoms with E-state index in [9.17, 15) is 8.78 Å². The van der Waals surface area contributed by atoms with E-state index in [1.165, 1.54) is 0 Å². The molecule has 1 saturated heterocycles. The summed E-state index contributed by atoms with van der Waals surface area (Å²) in [5.74, 6) is -1.81. The van der Waals surface area contributed by atoms with Crippen LogP contribution in [-0.4, -0.2) is 30.0 Å². The van der Waals surface area contributed by atoms with Gasteiger partial charge in [0.1, 0.15) is 0 Å². The monoisotopic (exact) mass is 205 g/mol. The zero-order valence-electron chi connectivity index (χ0n) is 9.39. The van der Waals surface area contributed by atoms with Crippen molar-refractivity contribution in [3.63, 3.8) is 0 Å². The van der Waals surface area contributed by atoms with E-state index in [-0.39, 0.29) is 18.9 Å². The molecule has 0 amide bonds. The Kier molecular flexibility index (Phi) is 3.87. The molecule has 1 aliphatic rings. The van der Waals surface area contributed by atoms with E-state index >= 15 is 0 Å². The van der Waals surface area contributed by atoms with Crippen LogP contribution in [0.5, 0.6) is 0 Å². The third-order valence-corrected chi connectivity index (χ3v) is 3.23. The maximum absolute atomic E-state index is 13.0. The number of likely N-dealkylation sites (tertiary alicyclic amines) is 1. The quantitative estimate of drug-likeness (QED) is 0.684. The molecule has 3 heteroatoms. The van der Waals surface area contributed by atoms with Crippen molar-refractivity contribution in [2.24, 2.45) is 5.92 Å². The summed E-state index contributed by atoms with van der Waals surface area (Å²) in [6.45, 7) is 7.76. The summed E-state index contributed by atoms with van der Waals surface area (Å²) in [4.78, 5) is 2.20. The number of halogens is 2. The van der Waals surface area contributed by atoms with Gasteiger partial charge in [-0.3, -0.25) is 4.90 Å². The molecule has 1 nitrogen and oxygen atoms in total. The number of piperidine rings is 1. The molecule has 84 valence electrons. The number of hydrogen-bond donors (Lipinski definition) is 0. The summed E-state index contributed by atoms with van der Waals surface area (Å²) < 4.78 is 26.0. The maximum atomic E-state index is 13.0. The smallest absolute Gasteiger partial charge is 0.250 e. The lowest BCUT2D eigenvalue weighted by Gasteiger charge is -2.38. The summed E-state index contributed by atoms with van der Waals surface area (Å²) in [6.07, 6.45) is 1.19. The van der Waals surface area contributed by atoms with Crippen LogP contribution >= 0.6 is 0 Å². The highest BCUT2D eigenvalue weighted by Crippen LogP contribution is 2.31. The normalized spacial score (nSPS) is 30.2. The van der Waals surface area contributed by atoms with Crippen molar-refractivity contribution in [3.8, 4) is 0 Å². The third-order valence-electron chi connectivity index (χ3n) is 3.23. The van der Waals surface area contributed by atoms with Crippen LogP contribution in [0.15, 0.2) is 0 Å². The Bertz CT molecular complexity index is 182. The molecule has 0 N–H and O–H groups in total. The zero-order chi connectivity index (χ0) is 10.8. The van der Waals surface area contributed by atoms with E-state index < -0.39 is 5.92 Å². The molecule has 0 radical (unpaired) electrons. The summed E-state index contributed by atoms with van der Waals surface area (Å²) in [7, 11) is 0. The Morgan fingerprint density at radius 1 is 1.50 bits per heavy atom. The molecule has 14 heavy (non-hydrogen) atoms. The predicted octanol–water partition coefficient (Wildman–Crippen LogP) is 3.15. The average Bonchev–Trinajstić information content (AvgIpc) is 2.09. The molecule has 1 heterocycles. The zero-order valence-corrected chi connectivity index (χ0v) is 9.39. The van der Waals surface area contributed by atoms with Gasteiger partial charge >= 0.3 is 0 Å². The second-order valence-electron chi connectivity index (χ2n) is 4.67. The Morgan fingerprint density at radius 2 is 2.14 bits per heavy atom. The number of rotatable bonds is 3. The van der Waals surface area contributed by atoms with Crippen molar-refractivity contribution in [2.75, 3.05) is 13.1 Å². The van der Waals surface area contributed by atoms with Gasteiger partial charge in [0.25, 0.3) is 5.92 Å². The molecule has 0 aromatic rings. The maximum Gasteiger partial charge on any atom is 0.250 e. The van der Waals surface area contributed by atoms with Gasteiger partial charge < -0.3 is 0 Å². The first-order valence-electron chi connectivity index (χ1n) is 5.56. The average molecular weight is 205 g/mol. The molecular weight excluding hydrogens is 184 g/mol. The van der Waals surface area contributed by atoms with Crippen LogP contribution in [0.4, 0.5) is 8.78 Å². The number of nitrogens with zero attached hydrogens (tertiary/aromatic N) is 1. The molecule has 0 saturated carbocycles. The van der Waals surface area contributed by atoms with E-state index in [1.807, 2.05) is 6.92 Å². The summed E-state index contributed by atoms with van der Waals surface area (Å²) in [5.41, 5.74) is 0. The summed E-state index contributed by atoms with van der Waals surface area (Å²) >= 11 is 0. The van der Waals surface area contributed by atoms with Gasteiger partial charge in [0.2, 0.25) is 0 Å². The molecule has 0 aromatic carbocycles. The highest BCUT2D eigenvalue weighted by atomic mass is 19.3.